The van der Waals surface area contributed by atoms with Crippen molar-refractivity contribution in [1.82, 2.24) is 10.3 Å². The maximum absolute atomic E-state index is 5.47. The lowest BCUT2D eigenvalue weighted by molar-refractivity contribution is 0.0891. The topological polar surface area (TPSA) is 37.4 Å². The van der Waals surface area contributed by atoms with Crippen LogP contribution < -0.4 is 10.2 Å². The van der Waals surface area contributed by atoms with Gasteiger partial charge in [0, 0.05) is 32.4 Å². The van der Waals surface area contributed by atoms with Crippen LogP contribution >= 0.6 is 0 Å². The number of aromatic nitrogens is 1. The Morgan fingerprint density at radius 3 is 3.06 bits per heavy atom. The number of nitrogens with zero attached hydrogens (tertiary/aromatic N) is 2. The first-order chi connectivity index (χ1) is 8.72. The molecule has 1 unspecified atom stereocenters. The number of piperidine rings is 1. The second kappa shape index (κ2) is 6.16. The summed E-state index contributed by atoms with van der Waals surface area (Å²) in [6, 6.07) is 4.32. The molecule has 4 nitrogen and oxygen atoms in total. The van der Waals surface area contributed by atoms with Crippen molar-refractivity contribution in [2.24, 2.45) is 0 Å². The highest BCUT2D eigenvalue weighted by molar-refractivity contribution is 5.43. The Balaban J connectivity index is 2.16. The zero-order valence-corrected chi connectivity index (χ0v) is 11.6. The molecule has 1 N–H and O–H groups in total. The van der Waals surface area contributed by atoms with Gasteiger partial charge in [-0.25, -0.2) is 4.98 Å². The molecule has 1 atom stereocenters. The highest BCUT2D eigenvalue weighted by Crippen LogP contribution is 2.21. The molecule has 1 aromatic heterocycles. The van der Waals surface area contributed by atoms with Crippen LogP contribution in [0.15, 0.2) is 12.1 Å². The van der Waals surface area contributed by atoms with Gasteiger partial charge in [0.05, 0.1) is 6.10 Å². The summed E-state index contributed by atoms with van der Waals surface area (Å²) in [5.41, 5.74) is 2.37. The summed E-state index contributed by atoms with van der Waals surface area (Å²) < 4.78 is 5.47. The Kier molecular flexibility index (Phi) is 4.55. The lowest BCUT2D eigenvalue weighted by atomic mass is 10.1. The van der Waals surface area contributed by atoms with Crippen LogP contribution in [0.3, 0.4) is 0 Å². The number of aryl methyl sites for hydroxylation is 1. The van der Waals surface area contributed by atoms with Gasteiger partial charge in [-0.2, -0.15) is 0 Å². The molecule has 100 valence electrons. The molecule has 0 amide bonds. The molecule has 4 heteroatoms. The van der Waals surface area contributed by atoms with Gasteiger partial charge in [-0.15, -0.1) is 0 Å². The molecule has 0 spiro atoms. The minimum Gasteiger partial charge on any atom is -0.380 e. The van der Waals surface area contributed by atoms with Crippen molar-refractivity contribution in [1.29, 1.82) is 0 Å². The van der Waals surface area contributed by atoms with Crippen LogP contribution in [-0.4, -0.2) is 38.3 Å². The van der Waals surface area contributed by atoms with E-state index in [1.165, 1.54) is 12.0 Å². The Morgan fingerprint density at radius 2 is 2.33 bits per heavy atom. The summed E-state index contributed by atoms with van der Waals surface area (Å²) in [4.78, 5) is 6.99. The zero-order chi connectivity index (χ0) is 13.0. The predicted octanol–water partition coefficient (Wildman–Crippen LogP) is 1.72. The highest BCUT2D eigenvalue weighted by Gasteiger charge is 2.20. The quantitative estimate of drug-likeness (QED) is 0.882. The fourth-order valence-electron chi connectivity index (χ4n) is 2.53. The van der Waals surface area contributed by atoms with Gasteiger partial charge in [-0.05, 0) is 44.5 Å². The fourth-order valence-corrected chi connectivity index (χ4v) is 2.53. The number of anilines is 1. The van der Waals surface area contributed by atoms with E-state index < -0.39 is 0 Å². The van der Waals surface area contributed by atoms with E-state index in [1.807, 2.05) is 7.05 Å². The molecule has 0 saturated carbocycles. The first-order valence-electron chi connectivity index (χ1n) is 6.63. The third-order valence-electron chi connectivity index (χ3n) is 3.42. The molecule has 2 rings (SSSR count). The second-order valence-corrected chi connectivity index (χ2v) is 4.95. The average Bonchev–Trinajstić information content (AvgIpc) is 2.38. The summed E-state index contributed by atoms with van der Waals surface area (Å²) in [6.45, 7) is 4.97. The molecule has 0 radical (unpaired) electrons. The lowest BCUT2D eigenvalue weighted by Crippen LogP contribution is -2.39. The molecule has 1 saturated heterocycles. The fraction of sp³-hybridized carbons (Fsp3) is 0.643. The van der Waals surface area contributed by atoms with Crippen LogP contribution in [0.25, 0.3) is 0 Å². The molecule has 1 aliphatic heterocycles. The second-order valence-electron chi connectivity index (χ2n) is 4.95. The zero-order valence-electron chi connectivity index (χ0n) is 11.6. The Hall–Kier alpha value is -1.13. The van der Waals surface area contributed by atoms with Crippen molar-refractivity contribution >= 4 is 5.82 Å². The van der Waals surface area contributed by atoms with E-state index in [0.29, 0.717) is 6.10 Å². The third-order valence-corrected chi connectivity index (χ3v) is 3.42. The standard InChI is InChI=1S/C14H23N3O/c1-11-7-12(9-15-2)8-14(16-11)17-6-4-5-13(10-17)18-3/h7-8,13,15H,4-6,9-10H2,1-3H3. The van der Waals surface area contributed by atoms with E-state index >= 15 is 0 Å². The van der Waals surface area contributed by atoms with Gasteiger partial charge in [0.1, 0.15) is 5.82 Å². The lowest BCUT2D eigenvalue weighted by Gasteiger charge is -2.33. The minimum atomic E-state index is 0.341. The minimum absolute atomic E-state index is 0.341. The van der Waals surface area contributed by atoms with E-state index in [4.69, 9.17) is 4.74 Å². The first-order valence-corrected chi connectivity index (χ1v) is 6.63. The summed E-state index contributed by atoms with van der Waals surface area (Å²) in [5.74, 6) is 1.09. The van der Waals surface area contributed by atoms with Crippen LogP contribution in [0.1, 0.15) is 24.1 Å². The predicted molar refractivity (Wildman–Crippen MR) is 74.0 cm³/mol. The number of hydrogen-bond acceptors (Lipinski definition) is 4. The van der Waals surface area contributed by atoms with Crippen LogP contribution in [0.5, 0.6) is 0 Å². The van der Waals surface area contributed by atoms with E-state index in [1.54, 1.807) is 7.11 Å². The van der Waals surface area contributed by atoms with E-state index in [2.05, 4.69) is 34.3 Å². The Labute approximate surface area is 109 Å². The number of ether oxygens (including phenoxy) is 1. The summed E-state index contributed by atoms with van der Waals surface area (Å²) in [6.07, 6.45) is 2.67. The largest absolute Gasteiger partial charge is 0.380 e. The molecule has 0 bridgehead atoms. The van der Waals surface area contributed by atoms with Crippen molar-refractivity contribution < 1.29 is 4.74 Å². The van der Waals surface area contributed by atoms with Crippen molar-refractivity contribution in [2.45, 2.75) is 32.4 Å². The molecule has 1 fully saturated rings. The summed E-state index contributed by atoms with van der Waals surface area (Å²) in [7, 11) is 3.77. The molecule has 1 aromatic rings. The van der Waals surface area contributed by atoms with E-state index in [0.717, 1.165) is 37.6 Å². The van der Waals surface area contributed by atoms with Gasteiger partial charge in [0.25, 0.3) is 0 Å². The van der Waals surface area contributed by atoms with Crippen molar-refractivity contribution in [3.63, 3.8) is 0 Å². The maximum Gasteiger partial charge on any atom is 0.129 e. The van der Waals surface area contributed by atoms with Crippen molar-refractivity contribution in [3.05, 3.63) is 23.4 Å². The van der Waals surface area contributed by atoms with Crippen molar-refractivity contribution in [3.8, 4) is 0 Å². The first kappa shape index (κ1) is 13.3. The molecular weight excluding hydrogens is 226 g/mol. The summed E-state index contributed by atoms with van der Waals surface area (Å²) in [5, 5.41) is 3.19. The van der Waals surface area contributed by atoms with Gasteiger partial charge in [0.2, 0.25) is 0 Å². The van der Waals surface area contributed by atoms with Gasteiger partial charge in [-0.1, -0.05) is 0 Å². The van der Waals surface area contributed by atoms with Crippen LogP contribution in [0.4, 0.5) is 5.82 Å². The Morgan fingerprint density at radius 1 is 1.50 bits per heavy atom. The van der Waals surface area contributed by atoms with Crippen LogP contribution in [-0.2, 0) is 11.3 Å². The maximum atomic E-state index is 5.47. The molecule has 2 heterocycles. The van der Waals surface area contributed by atoms with Gasteiger partial charge >= 0.3 is 0 Å². The molecule has 0 aliphatic carbocycles. The van der Waals surface area contributed by atoms with Gasteiger partial charge in [-0.3, -0.25) is 0 Å². The molecule has 18 heavy (non-hydrogen) atoms. The monoisotopic (exact) mass is 249 g/mol. The average molecular weight is 249 g/mol. The van der Waals surface area contributed by atoms with E-state index in [-0.39, 0.29) is 0 Å². The molecular formula is C14H23N3O. The molecule has 1 aliphatic rings. The van der Waals surface area contributed by atoms with Crippen LogP contribution in [0, 0.1) is 6.92 Å². The highest BCUT2D eigenvalue weighted by atomic mass is 16.5. The van der Waals surface area contributed by atoms with Crippen LogP contribution in [0.2, 0.25) is 0 Å². The number of rotatable bonds is 4. The molecule has 0 aromatic carbocycles. The van der Waals surface area contributed by atoms with Gasteiger partial charge in [0.15, 0.2) is 0 Å². The number of nitrogens with one attached hydrogen (secondary N) is 1. The number of hydrogen-bond donors (Lipinski definition) is 1. The van der Waals surface area contributed by atoms with E-state index in [9.17, 15) is 0 Å². The number of methoxy groups -OCH3 is 1. The van der Waals surface area contributed by atoms with Gasteiger partial charge < -0.3 is 15.0 Å². The summed E-state index contributed by atoms with van der Waals surface area (Å²) >= 11 is 0. The van der Waals surface area contributed by atoms with Crippen molar-refractivity contribution in [2.75, 3.05) is 32.1 Å². The SMILES string of the molecule is CNCc1cc(C)nc(N2CCCC(OC)C2)c1. The number of pyridine rings is 1. The Bertz CT molecular complexity index is 395. The third kappa shape index (κ3) is 3.21. The smallest absolute Gasteiger partial charge is 0.129 e. The normalized spacial score (nSPS) is 20.2.